The van der Waals surface area contributed by atoms with E-state index in [1.54, 1.807) is 31.7 Å². The maximum Gasteiger partial charge on any atom is 0.330 e. The van der Waals surface area contributed by atoms with Crippen LogP contribution in [0, 0.1) is 13.8 Å². The number of phenolic OH excluding ortho intramolecular Hbond substituents is 2. The van der Waals surface area contributed by atoms with Crippen molar-refractivity contribution in [3.8, 4) is 39.9 Å². The number of para-hydroxylation sites is 1. The first-order valence-electron chi connectivity index (χ1n) is 16.0. The molecule has 1 atom stereocenters. The van der Waals surface area contributed by atoms with Crippen molar-refractivity contribution in [1.82, 2.24) is 24.3 Å². The van der Waals surface area contributed by atoms with E-state index in [2.05, 4.69) is 10.1 Å². The number of carbonyl (C=O) groups is 1. The zero-order chi connectivity index (χ0) is 35.1. The third kappa shape index (κ3) is 4.34. The molecule has 2 aliphatic rings. The number of hydrogen-bond acceptors (Lipinski definition) is 9. The van der Waals surface area contributed by atoms with Gasteiger partial charge in [0, 0.05) is 18.2 Å². The van der Waals surface area contributed by atoms with Crippen molar-refractivity contribution in [2.75, 3.05) is 7.11 Å². The van der Waals surface area contributed by atoms with Crippen LogP contribution in [0.3, 0.4) is 0 Å². The van der Waals surface area contributed by atoms with E-state index in [0.29, 0.717) is 29.1 Å². The number of rotatable bonds is 6. The summed E-state index contributed by atoms with van der Waals surface area (Å²) in [4.78, 5) is 47.7. The van der Waals surface area contributed by atoms with Gasteiger partial charge < -0.3 is 19.7 Å². The Kier molecular flexibility index (Phi) is 6.83. The number of ketones is 1. The van der Waals surface area contributed by atoms with Gasteiger partial charge in [-0.15, -0.1) is 0 Å². The minimum Gasteiger partial charge on any atom is -0.507 e. The minimum absolute atomic E-state index is 0.0542. The number of benzene rings is 3. The number of nitrogens with one attached hydrogen (secondary N) is 1. The van der Waals surface area contributed by atoms with Crippen molar-refractivity contribution in [1.29, 1.82) is 0 Å². The molecule has 3 aromatic heterocycles. The number of phenols is 2. The summed E-state index contributed by atoms with van der Waals surface area (Å²) in [5.74, 6) is 0.0833. The van der Waals surface area contributed by atoms with Crippen LogP contribution in [0.5, 0.6) is 23.0 Å². The molecule has 0 fully saturated rings. The Morgan fingerprint density at radius 1 is 0.940 bits per heavy atom. The topological polar surface area (TPSA) is 162 Å². The number of hydrogen-bond donors (Lipinski definition) is 3. The molecule has 6 aromatic rings. The quantitative estimate of drug-likeness (QED) is 0.219. The van der Waals surface area contributed by atoms with E-state index in [4.69, 9.17) is 14.5 Å². The van der Waals surface area contributed by atoms with Crippen LogP contribution in [-0.2, 0) is 18.4 Å². The molecule has 3 aromatic carbocycles. The summed E-state index contributed by atoms with van der Waals surface area (Å²) in [5, 5.41) is 27.9. The zero-order valence-electron chi connectivity index (χ0n) is 27.6. The highest BCUT2D eigenvalue weighted by molar-refractivity contribution is 6.14. The number of carbonyl (C=O) groups excluding carboxylic acids is 1. The fourth-order valence-electron chi connectivity index (χ4n) is 7.00. The Morgan fingerprint density at radius 3 is 2.40 bits per heavy atom. The van der Waals surface area contributed by atoms with Crippen LogP contribution in [0.2, 0.25) is 0 Å². The summed E-state index contributed by atoms with van der Waals surface area (Å²) < 4.78 is 14.7. The summed E-state index contributed by atoms with van der Waals surface area (Å²) in [7, 11) is 1.58. The molecule has 0 spiro atoms. The van der Waals surface area contributed by atoms with Gasteiger partial charge >= 0.3 is 5.69 Å². The Hall–Kier alpha value is -6.43. The van der Waals surface area contributed by atoms with Crippen LogP contribution in [0.1, 0.15) is 45.4 Å². The maximum absolute atomic E-state index is 14.5. The van der Waals surface area contributed by atoms with Gasteiger partial charge in [-0.05, 0) is 69.2 Å². The molecular weight excluding hydrogens is 638 g/mol. The number of aromatic amines is 1. The summed E-state index contributed by atoms with van der Waals surface area (Å²) in [6.07, 6.45) is 2.19. The first-order chi connectivity index (χ1) is 24.0. The summed E-state index contributed by atoms with van der Waals surface area (Å²) in [5.41, 5.74) is 1.13. The second kappa shape index (κ2) is 11.1. The van der Waals surface area contributed by atoms with Gasteiger partial charge in [-0.25, -0.2) is 14.5 Å². The lowest BCUT2D eigenvalue weighted by atomic mass is 9.71. The Morgan fingerprint density at radius 2 is 1.68 bits per heavy atom. The number of aryl methyl sites for hydroxylation is 3. The third-order valence-electron chi connectivity index (χ3n) is 9.77. The van der Waals surface area contributed by atoms with Crippen LogP contribution in [-0.4, -0.2) is 47.4 Å². The molecule has 1 unspecified atom stereocenters. The van der Waals surface area contributed by atoms with E-state index in [0.717, 1.165) is 11.3 Å². The standard InChI is InChI=1S/C38H31N5O7/c1-19-31(44)29(25-15-14-24-35(39-25)42(37(48)40-36(24)47)17-16-21-10-12-23(49-4)13-11-21)33-30(32(19)45)38(3)27(50-33)18-26-28(34(38)46)20(2)41-43(26)22-8-6-5-7-9-22/h5-15,18,44-45H,16-17H2,1-4H3,(H,40,47,48). The smallest absolute Gasteiger partial charge is 0.330 e. The SMILES string of the molecule is COc1ccc(CCn2c(=O)[nH]c(=O)c3ccc(-c4c(O)c(C)c(O)c5c4OC4=Cc6c(c(C)nn6-c6ccccc6)C(=O)C45C)nc32)cc1. The van der Waals surface area contributed by atoms with Gasteiger partial charge in [0.1, 0.15) is 39.8 Å². The summed E-state index contributed by atoms with van der Waals surface area (Å²) in [6, 6.07) is 19.9. The number of aromatic nitrogens is 5. The van der Waals surface area contributed by atoms with Crippen molar-refractivity contribution in [2.24, 2.45) is 0 Å². The molecule has 3 N–H and O–H groups in total. The number of nitrogens with zero attached hydrogens (tertiary/aromatic N) is 4. The molecule has 1 aliphatic heterocycles. The number of Topliss-reactive ketones (excluding diaryl/α,β-unsaturated/α-hetero) is 1. The molecule has 0 amide bonds. The second-order valence-corrected chi connectivity index (χ2v) is 12.6. The lowest BCUT2D eigenvalue weighted by molar-refractivity contribution is 0.0905. The highest BCUT2D eigenvalue weighted by Crippen LogP contribution is 2.60. The largest absolute Gasteiger partial charge is 0.507 e. The number of fused-ring (bicyclic) bond motifs is 5. The normalized spacial score (nSPS) is 16.1. The van der Waals surface area contributed by atoms with Crippen LogP contribution < -0.4 is 20.7 Å². The molecule has 0 radical (unpaired) electrons. The molecule has 1 aliphatic carbocycles. The molecular formula is C38H31N5O7. The first kappa shape index (κ1) is 30.9. The van der Waals surface area contributed by atoms with E-state index in [1.807, 2.05) is 54.6 Å². The highest BCUT2D eigenvalue weighted by Gasteiger charge is 2.55. The van der Waals surface area contributed by atoms with Gasteiger partial charge in [-0.2, -0.15) is 5.10 Å². The molecule has 0 saturated heterocycles. The van der Waals surface area contributed by atoms with Crippen molar-refractivity contribution in [3.05, 3.63) is 127 Å². The monoisotopic (exact) mass is 669 g/mol. The van der Waals surface area contributed by atoms with Crippen molar-refractivity contribution >= 4 is 22.9 Å². The number of allylic oxidation sites excluding steroid dienone is 1. The molecule has 4 heterocycles. The number of ether oxygens (including phenoxy) is 2. The zero-order valence-corrected chi connectivity index (χ0v) is 27.6. The predicted molar refractivity (Wildman–Crippen MR) is 185 cm³/mol. The van der Waals surface area contributed by atoms with Gasteiger partial charge in [0.05, 0.1) is 52.0 Å². The summed E-state index contributed by atoms with van der Waals surface area (Å²) in [6.45, 7) is 5.17. The van der Waals surface area contributed by atoms with E-state index in [1.165, 1.54) is 23.6 Å². The Labute approximate surface area is 284 Å². The molecule has 50 heavy (non-hydrogen) atoms. The number of H-pyrrole nitrogens is 1. The van der Waals surface area contributed by atoms with Crippen molar-refractivity contribution < 1.29 is 24.5 Å². The highest BCUT2D eigenvalue weighted by atomic mass is 16.5. The van der Waals surface area contributed by atoms with Gasteiger partial charge in [-0.1, -0.05) is 30.3 Å². The van der Waals surface area contributed by atoms with Crippen molar-refractivity contribution in [3.63, 3.8) is 0 Å². The molecule has 12 nitrogen and oxygen atoms in total. The first-order valence-corrected chi connectivity index (χ1v) is 16.0. The number of pyridine rings is 1. The van der Waals surface area contributed by atoms with E-state index in [-0.39, 0.29) is 68.8 Å². The molecule has 0 saturated carbocycles. The average molecular weight is 670 g/mol. The Balaban J connectivity index is 1.29. The average Bonchev–Trinajstić information content (AvgIpc) is 3.61. The molecule has 8 rings (SSSR count). The maximum atomic E-state index is 14.5. The fraction of sp³-hybridized carbons (Fsp3) is 0.184. The van der Waals surface area contributed by atoms with Crippen LogP contribution in [0.25, 0.3) is 34.1 Å². The predicted octanol–water partition coefficient (Wildman–Crippen LogP) is 5.10. The van der Waals surface area contributed by atoms with E-state index in [9.17, 15) is 24.6 Å². The number of aromatic hydroxyl groups is 2. The van der Waals surface area contributed by atoms with Crippen LogP contribution in [0.15, 0.2) is 82.1 Å². The van der Waals surface area contributed by atoms with Crippen molar-refractivity contribution in [2.45, 2.75) is 39.2 Å². The molecule has 250 valence electrons. The van der Waals surface area contributed by atoms with Gasteiger partial charge in [-0.3, -0.25) is 19.1 Å². The van der Waals surface area contributed by atoms with Crippen LogP contribution >= 0.6 is 0 Å². The Bertz CT molecular complexity index is 2560. The minimum atomic E-state index is -1.45. The molecule has 0 bridgehead atoms. The van der Waals surface area contributed by atoms with E-state index < -0.39 is 16.7 Å². The number of methoxy groups -OCH3 is 1. The summed E-state index contributed by atoms with van der Waals surface area (Å²) >= 11 is 0. The van der Waals surface area contributed by atoms with Gasteiger partial charge in [0.2, 0.25) is 0 Å². The third-order valence-corrected chi connectivity index (χ3v) is 9.77. The lowest BCUT2D eigenvalue weighted by Crippen LogP contribution is -2.36. The lowest BCUT2D eigenvalue weighted by Gasteiger charge is -2.27. The van der Waals surface area contributed by atoms with Gasteiger partial charge in [0.25, 0.3) is 5.56 Å². The van der Waals surface area contributed by atoms with Crippen LogP contribution in [0.4, 0.5) is 0 Å². The fourth-order valence-corrected chi connectivity index (χ4v) is 7.00. The van der Waals surface area contributed by atoms with E-state index >= 15 is 0 Å². The van der Waals surface area contributed by atoms with Gasteiger partial charge in [0.15, 0.2) is 5.78 Å². The molecule has 12 heteroatoms. The second-order valence-electron chi connectivity index (χ2n) is 12.6.